The molecule has 6 nitrogen and oxygen atoms in total. The third-order valence-corrected chi connectivity index (χ3v) is 3.64. The number of ether oxygens (including phenoxy) is 1. The van der Waals surface area contributed by atoms with Gasteiger partial charge in [-0.05, 0) is 43.7 Å². The normalized spacial score (nSPS) is 10.2. The summed E-state index contributed by atoms with van der Waals surface area (Å²) in [5.41, 5.74) is 1.20. The summed E-state index contributed by atoms with van der Waals surface area (Å²) in [5.74, 6) is -0.325. The Kier molecular flexibility index (Phi) is 5.18. The standard InChI is InChI=1S/C16H15ClN2O4/c1-3-23-15-8-7-11(9-14(15)19(21)22)16(20)18-13-6-4-5-12(17)10(13)2/h4-9H,3H2,1-2H3,(H,18,20). The first-order chi connectivity index (χ1) is 10.9. The van der Waals surface area contributed by atoms with Gasteiger partial charge >= 0.3 is 5.69 Å². The van der Waals surface area contributed by atoms with Crippen LogP contribution in [0.15, 0.2) is 36.4 Å². The summed E-state index contributed by atoms with van der Waals surface area (Å²) in [7, 11) is 0. The Morgan fingerprint density at radius 2 is 2.09 bits per heavy atom. The Labute approximate surface area is 138 Å². The number of amides is 1. The average Bonchev–Trinajstić information content (AvgIpc) is 2.52. The Morgan fingerprint density at radius 1 is 1.35 bits per heavy atom. The van der Waals surface area contributed by atoms with Gasteiger partial charge in [0.25, 0.3) is 5.91 Å². The smallest absolute Gasteiger partial charge is 0.311 e. The molecule has 0 heterocycles. The zero-order valence-electron chi connectivity index (χ0n) is 12.6. The Hall–Kier alpha value is -2.60. The van der Waals surface area contributed by atoms with Gasteiger partial charge in [-0.15, -0.1) is 0 Å². The minimum atomic E-state index is -0.577. The predicted molar refractivity (Wildman–Crippen MR) is 88.4 cm³/mol. The van der Waals surface area contributed by atoms with Crippen molar-refractivity contribution in [2.45, 2.75) is 13.8 Å². The highest BCUT2D eigenvalue weighted by Gasteiger charge is 2.19. The predicted octanol–water partition coefficient (Wildman–Crippen LogP) is 4.21. The molecule has 0 atom stereocenters. The first-order valence-corrected chi connectivity index (χ1v) is 7.29. The van der Waals surface area contributed by atoms with Gasteiger partial charge in [0.05, 0.1) is 11.5 Å². The van der Waals surface area contributed by atoms with Crippen molar-refractivity contribution in [1.82, 2.24) is 0 Å². The minimum Gasteiger partial charge on any atom is -0.487 e. The number of benzene rings is 2. The lowest BCUT2D eigenvalue weighted by atomic mass is 10.1. The third kappa shape index (κ3) is 3.78. The van der Waals surface area contributed by atoms with Gasteiger partial charge in [0, 0.05) is 22.3 Å². The highest BCUT2D eigenvalue weighted by molar-refractivity contribution is 6.31. The van der Waals surface area contributed by atoms with Gasteiger partial charge in [0.1, 0.15) is 0 Å². The number of carbonyl (C=O) groups is 1. The van der Waals surface area contributed by atoms with Crippen LogP contribution in [0.3, 0.4) is 0 Å². The highest BCUT2D eigenvalue weighted by atomic mass is 35.5. The second kappa shape index (κ2) is 7.11. The monoisotopic (exact) mass is 334 g/mol. The van der Waals surface area contributed by atoms with Crippen molar-refractivity contribution in [3.63, 3.8) is 0 Å². The molecule has 0 aromatic heterocycles. The molecule has 2 rings (SSSR count). The fourth-order valence-electron chi connectivity index (χ4n) is 2.02. The topological polar surface area (TPSA) is 81.5 Å². The van der Waals surface area contributed by atoms with Crippen molar-refractivity contribution in [3.05, 3.63) is 62.7 Å². The van der Waals surface area contributed by atoms with Crippen molar-refractivity contribution in [3.8, 4) is 5.75 Å². The second-order valence-corrected chi connectivity index (χ2v) is 5.15. The molecule has 0 bridgehead atoms. The zero-order valence-corrected chi connectivity index (χ0v) is 13.4. The maximum Gasteiger partial charge on any atom is 0.311 e. The van der Waals surface area contributed by atoms with Crippen molar-refractivity contribution in [2.75, 3.05) is 11.9 Å². The molecule has 0 radical (unpaired) electrons. The molecule has 0 saturated heterocycles. The summed E-state index contributed by atoms with van der Waals surface area (Å²) in [4.78, 5) is 22.8. The highest BCUT2D eigenvalue weighted by Crippen LogP contribution is 2.29. The van der Waals surface area contributed by atoms with Crippen LogP contribution in [0.1, 0.15) is 22.8 Å². The number of nitro benzene ring substituents is 1. The van der Waals surface area contributed by atoms with Gasteiger partial charge < -0.3 is 10.1 Å². The van der Waals surface area contributed by atoms with E-state index in [1.807, 2.05) is 0 Å². The summed E-state index contributed by atoms with van der Waals surface area (Å²) in [5, 5.41) is 14.3. The van der Waals surface area contributed by atoms with E-state index in [4.69, 9.17) is 16.3 Å². The molecule has 2 aromatic carbocycles. The quantitative estimate of drug-likeness (QED) is 0.656. The molecule has 120 valence electrons. The van der Waals surface area contributed by atoms with Gasteiger partial charge in [0.15, 0.2) is 5.75 Å². The molecule has 0 aliphatic carbocycles. The molecular weight excluding hydrogens is 320 g/mol. The molecule has 7 heteroatoms. The minimum absolute atomic E-state index is 0.132. The lowest BCUT2D eigenvalue weighted by molar-refractivity contribution is -0.385. The van der Waals surface area contributed by atoms with Crippen LogP contribution in [0.25, 0.3) is 0 Å². The molecule has 23 heavy (non-hydrogen) atoms. The molecule has 2 aromatic rings. The average molecular weight is 335 g/mol. The van der Waals surface area contributed by atoms with E-state index >= 15 is 0 Å². The first-order valence-electron chi connectivity index (χ1n) is 6.91. The van der Waals surface area contributed by atoms with Gasteiger partial charge in [-0.3, -0.25) is 14.9 Å². The Balaban J connectivity index is 2.31. The summed E-state index contributed by atoms with van der Waals surface area (Å²) < 4.78 is 5.20. The van der Waals surface area contributed by atoms with Gasteiger partial charge in [-0.25, -0.2) is 0 Å². The van der Waals surface area contributed by atoms with Crippen molar-refractivity contribution in [1.29, 1.82) is 0 Å². The fourth-order valence-corrected chi connectivity index (χ4v) is 2.19. The van der Waals surface area contributed by atoms with Crippen LogP contribution < -0.4 is 10.1 Å². The number of hydrogen-bond acceptors (Lipinski definition) is 4. The largest absolute Gasteiger partial charge is 0.487 e. The van der Waals surface area contributed by atoms with E-state index < -0.39 is 10.8 Å². The van der Waals surface area contributed by atoms with Gasteiger partial charge in [0.2, 0.25) is 0 Å². The maximum atomic E-state index is 12.3. The van der Waals surface area contributed by atoms with Crippen molar-refractivity contribution >= 4 is 28.9 Å². The molecule has 1 N–H and O–H groups in total. The second-order valence-electron chi connectivity index (χ2n) is 4.74. The summed E-state index contributed by atoms with van der Waals surface area (Å²) >= 11 is 6.01. The number of halogens is 1. The molecule has 0 saturated carbocycles. The summed E-state index contributed by atoms with van der Waals surface area (Å²) in [6, 6.07) is 9.23. The zero-order chi connectivity index (χ0) is 17.0. The number of rotatable bonds is 5. The number of hydrogen-bond donors (Lipinski definition) is 1. The van der Waals surface area contributed by atoms with Crippen molar-refractivity contribution < 1.29 is 14.5 Å². The van der Waals surface area contributed by atoms with Crippen LogP contribution in [0.5, 0.6) is 5.75 Å². The van der Waals surface area contributed by atoms with E-state index in [1.165, 1.54) is 18.2 Å². The van der Waals surface area contributed by atoms with E-state index in [-0.39, 0.29) is 17.0 Å². The molecule has 1 amide bonds. The third-order valence-electron chi connectivity index (χ3n) is 3.23. The lowest BCUT2D eigenvalue weighted by Gasteiger charge is -2.10. The van der Waals surface area contributed by atoms with E-state index in [1.54, 1.807) is 32.0 Å². The van der Waals surface area contributed by atoms with Crippen LogP contribution >= 0.6 is 11.6 Å². The Morgan fingerprint density at radius 3 is 2.74 bits per heavy atom. The van der Waals surface area contributed by atoms with E-state index in [9.17, 15) is 14.9 Å². The fraction of sp³-hybridized carbons (Fsp3) is 0.188. The number of carbonyl (C=O) groups excluding carboxylic acids is 1. The number of nitrogens with one attached hydrogen (secondary N) is 1. The van der Waals surface area contributed by atoms with Crippen LogP contribution in [0.4, 0.5) is 11.4 Å². The van der Waals surface area contributed by atoms with Gasteiger partial charge in [-0.2, -0.15) is 0 Å². The van der Waals surface area contributed by atoms with E-state index in [2.05, 4.69) is 5.32 Å². The van der Waals surface area contributed by atoms with Crippen LogP contribution in [-0.2, 0) is 0 Å². The summed E-state index contributed by atoms with van der Waals surface area (Å²) in [6.07, 6.45) is 0. The number of nitrogens with zero attached hydrogens (tertiary/aromatic N) is 1. The van der Waals surface area contributed by atoms with E-state index in [0.29, 0.717) is 17.3 Å². The van der Waals surface area contributed by atoms with Crippen LogP contribution in [0, 0.1) is 17.0 Å². The molecule has 0 aliphatic heterocycles. The number of anilines is 1. The van der Waals surface area contributed by atoms with Crippen LogP contribution in [0.2, 0.25) is 5.02 Å². The maximum absolute atomic E-state index is 12.3. The number of nitro groups is 1. The lowest BCUT2D eigenvalue weighted by Crippen LogP contribution is -2.13. The Bertz CT molecular complexity index is 762. The molecule has 0 fully saturated rings. The molecule has 0 spiro atoms. The van der Waals surface area contributed by atoms with Crippen molar-refractivity contribution in [2.24, 2.45) is 0 Å². The molecule has 0 unspecified atom stereocenters. The first kappa shape index (κ1) is 16.8. The van der Waals surface area contributed by atoms with E-state index in [0.717, 1.165) is 5.56 Å². The van der Waals surface area contributed by atoms with Gasteiger partial charge in [-0.1, -0.05) is 17.7 Å². The molecule has 0 aliphatic rings. The SMILES string of the molecule is CCOc1ccc(C(=O)Nc2cccc(Cl)c2C)cc1[N+](=O)[O-]. The summed E-state index contributed by atoms with van der Waals surface area (Å²) in [6.45, 7) is 3.80. The molecular formula is C16H15ClN2O4. The van der Waals surface area contributed by atoms with Crippen LogP contribution in [-0.4, -0.2) is 17.4 Å².